The van der Waals surface area contributed by atoms with E-state index in [1.54, 1.807) is 4.90 Å². The molecule has 0 saturated carbocycles. The molecule has 0 aromatic carbocycles. The number of hydrogen-bond donors (Lipinski definition) is 1. The number of rotatable bonds is 1. The van der Waals surface area contributed by atoms with Crippen LogP contribution in [-0.4, -0.2) is 40.9 Å². The summed E-state index contributed by atoms with van der Waals surface area (Å²) in [5.74, 6) is -0.165. The first-order valence-corrected chi connectivity index (χ1v) is 5.86. The highest BCUT2D eigenvalue weighted by atomic mass is 16.6. The van der Waals surface area contributed by atoms with Gasteiger partial charge in [-0.05, 0) is 27.2 Å². The number of likely N-dealkylation sites (tertiary alicyclic amines) is 1. The fourth-order valence-electron chi connectivity index (χ4n) is 1.83. The van der Waals surface area contributed by atoms with Gasteiger partial charge in [-0.3, -0.25) is 0 Å². The van der Waals surface area contributed by atoms with E-state index in [1.807, 2.05) is 26.8 Å². The fraction of sp³-hybridized carbons (Fsp3) is 0.833. The van der Waals surface area contributed by atoms with Crippen molar-refractivity contribution in [2.24, 2.45) is 5.92 Å². The molecular formula is C12H20N2O3. The summed E-state index contributed by atoms with van der Waals surface area (Å²) in [5, 5.41) is 18.4. The van der Waals surface area contributed by atoms with Gasteiger partial charge in [0.1, 0.15) is 5.60 Å². The van der Waals surface area contributed by atoms with Gasteiger partial charge in [0, 0.05) is 25.4 Å². The lowest BCUT2D eigenvalue weighted by Gasteiger charge is -2.36. The van der Waals surface area contributed by atoms with Gasteiger partial charge in [-0.25, -0.2) is 4.79 Å². The molecule has 17 heavy (non-hydrogen) atoms. The Morgan fingerprint density at radius 1 is 1.59 bits per heavy atom. The van der Waals surface area contributed by atoms with E-state index in [9.17, 15) is 9.90 Å². The summed E-state index contributed by atoms with van der Waals surface area (Å²) in [6, 6.07) is 2.04. The lowest BCUT2D eigenvalue weighted by molar-refractivity contribution is -0.00743. The van der Waals surface area contributed by atoms with Crippen LogP contribution in [0.4, 0.5) is 4.79 Å². The molecule has 1 amide bonds. The molecule has 1 rings (SSSR count). The summed E-state index contributed by atoms with van der Waals surface area (Å²) < 4.78 is 5.26. The summed E-state index contributed by atoms with van der Waals surface area (Å²) in [7, 11) is 0. The number of carbonyl (C=O) groups is 1. The van der Waals surface area contributed by atoms with E-state index in [0.29, 0.717) is 19.5 Å². The molecule has 1 aliphatic heterocycles. The second-order valence-corrected chi connectivity index (χ2v) is 5.40. The number of amides is 1. The average Bonchev–Trinajstić information content (AvgIpc) is 2.19. The maximum atomic E-state index is 11.8. The Morgan fingerprint density at radius 2 is 2.24 bits per heavy atom. The highest BCUT2D eigenvalue weighted by Crippen LogP contribution is 2.21. The van der Waals surface area contributed by atoms with Gasteiger partial charge >= 0.3 is 6.09 Å². The van der Waals surface area contributed by atoms with Crippen LogP contribution in [0.15, 0.2) is 0 Å². The first-order valence-electron chi connectivity index (χ1n) is 5.86. The number of nitriles is 1. The van der Waals surface area contributed by atoms with Crippen molar-refractivity contribution in [2.45, 2.75) is 45.3 Å². The largest absolute Gasteiger partial charge is 0.444 e. The minimum Gasteiger partial charge on any atom is -0.444 e. The number of aliphatic hydroxyl groups excluding tert-OH is 1. The first kappa shape index (κ1) is 13.8. The Bertz CT molecular complexity index is 317. The maximum Gasteiger partial charge on any atom is 0.410 e. The molecule has 0 bridgehead atoms. The molecule has 2 unspecified atom stereocenters. The van der Waals surface area contributed by atoms with Gasteiger partial charge in [0.2, 0.25) is 0 Å². The molecule has 0 spiro atoms. The number of piperidine rings is 1. The van der Waals surface area contributed by atoms with Gasteiger partial charge in [-0.15, -0.1) is 0 Å². The molecular weight excluding hydrogens is 220 g/mol. The first-order chi connectivity index (χ1) is 7.83. The lowest BCUT2D eigenvalue weighted by Crippen LogP contribution is -2.47. The van der Waals surface area contributed by atoms with E-state index in [1.165, 1.54) is 0 Å². The second-order valence-electron chi connectivity index (χ2n) is 5.40. The molecule has 96 valence electrons. The number of carbonyl (C=O) groups excluding carboxylic acids is 1. The molecule has 0 radical (unpaired) electrons. The van der Waals surface area contributed by atoms with E-state index >= 15 is 0 Å². The summed E-state index contributed by atoms with van der Waals surface area (Å²) in [6.45, 7) is 6.32. The zero-order valence-corrected chi connectivity index (χ0v) is 10.6. The van der Waals surface area contributed by atoms with Crippen LogP contribution in [0.25, 0.3) is 0 Å². The fourth-order valence-corrected chi connectivity index (χ4v) is 1.83. The van der Waals surface area contributed by atoms with Crippen molar-refractivity contribution in [3.8, 4) is 6.07 Å². The minimum atomic E-state index is -0.516. The summed E-state index contributed by atoms with van der Waals surface area (Å²) in [6.07, 6.45) is -0.0906. The van der Waals surface area contributed by atoms with Gasteiger partial charge in [0.05, 0.1) is 12.2 Å². The number of nitrogens with zero attached hydrogens (tertiary/aromatic N) is 2. The van der Waals surface area contributed by atoms with Crippen LogP contribution < -0.4 is 0 Å². The van der Waals surface area contributed by atoms with Crippen LogP contribution in [0.2, 0.25) is 0 Å². The topological polar surface area (TPSA) is 73.6 Å². The van der Waals surface area contributed by atoms with E-state index in [-0.39, 0.29) is 18.4 Å². The molecule has 1 saturated heterocycles. The van der Waals surface area contributed by atoms with Crippen molar-refractivity contribution in [3.05, 3.63) is 0 Å². The molecule has 5 heteroatoms. The summed E-state index contributed by atoms with van der Waals surface area (Å²) >= 11 is 0. The van der Waals surface area contributed by atoms with Gasteiger partial charge in [-0.2, -0.15) is 5.26 Å². The Labute approximate surface area is 102 Å². The predicted octanol–water partition coefficient (Wildman–Crippen LogP) is 1.52. The molecule has 0 aliphatic carbocycles. The third-order valence-electron chi connectivity index (χ3n) is 2.70. The number of ether oxygens (including phenoxy) is 1. The van der Waals surface area contributed by atoms with Crippen LogP contribution in [-0.2, 0) is 4.74 Å². The second kappa shape index (κ2) is 5.37. The van der Waals surface area contributed by atoms with Gasteiger partial charge in [0.15, 0.2) is 0 Å². The van der Waals surface area contributed by atoms with Crippen LogP contribution in [0.3, 0.4) is 0 Å². The Balaban J connectivity index is 2.56. The zero-order chi connectivity index (χ0) is 13.1. The van der Waals surface area contributed by atoms with Gasteiger partial charge in [-0.1, -0.05) is 0 Å². The maximum absolute atomic E-state index is 11.8. The Kier molecular flexibility index (Phi) is 4.35. The number of aliphatic hydroxyl groups is 1. The molecule has 1 N–H and O–H groups in total. The lowest BCUT2D eigenvalue weighted by atomic mass is 9.92. The summed E-state index contributed by atoms with van der Waals surface area (Å²) in [5.41, 5.74) is -0.516. The highest BCUT2D eigenvalue weighted by molar-refractivity contribution is 5.68. The summed E-state index contributed by atoms with van der Waals surface area (Å²) in [4.78, 5) is 13.4. The van der Waals surface area contributed by atoms with Crippen LogP contribution in [0.5, 0.6) is 0 Å². The Morgan fingerprint density at radius 3 is 2.76 bits per heavy atom. The van der Waals surface area contributed by atoms with Crippen molar-refractivity contribution in [2.75, 3.05) is 13.1 Å². The van der Waals surface area contributed by atoms with E-state index < -0.39 is 11.7 Å². The van der Waals surface area contributed by atoms with Crippen LogP contribution in [0.1, 0.15) is 33.6 Å². The minimum absolute atomic E-state index is 0.165. The molecule has 0 aromatic rings. The van der Waals surface area contributed by atoms with E-state index in [0.717, 1.165) is 0 Å². The predicted molar refractivity (Wildman–Crippen MR) is 62.2 cm³/mol. The van der Waals surface area contributed by atoms with Crippen molar-refractivity contribution in [3.63, 3.8) is 0 Å². The van der Waals surface area contributed by atoms with Gasteiger partial charge < -0.3 is 14.7 Å². The van der Waals surface area contributed by atoms with E-state index in [2.05, 4.69) is 0 Å². The Hall–Kier alpha value is -1.28. The molecule has 5 nitrogen and oxygen atoms in total. The average molecular weight is 240 g/mol. The van der Waals surface area contributed by atoms with Crippen LogP contribution >= 0.6 is 0 Å². The number of hydrogen-bond acceptors (Lipinski definition) is 4. The van der Waals surface area contributed by atoms with Crippen LogP contribution in [0, 0.1) is 17.2 Å². The van der Waals surface area contributed by atoms with Gasteiger partial charge in [0.25, 0.3) is 0 Å². The normalized spacial score (nSPS) is 25.2. The SMILES string of the molecule is CC(C)(C)OC(=O)N1CCC(O)C(CC#N)C1. The molecule has 2 atom stereocenters. The third kappa shape index (κ3) is 4.23. The van der Waals surface area contributed by atoms with E-state index in [4.69, 9.17) is 10.00 Å². The van der Waals surface area contributed by atoms with Crippen molar-refractivity contribution in [1.82, 2.24) is 4.90 Å². The third-order valence-corrected chi connectivity index (χ3v) is 2.70. The standard InChI is InChI=1S/C12H20N2O3/c1-12(2,3)17-11(16)14-7-5-10(15)9(8-14)4-6-13/h9-10,15H,4-5,7-8H2,1-3H3. The molecule has 1 aliphatic rings. The molecule has 1 fully saturated rings. The van der Waals surface area contributed by atoms with Crippen molar-refractivity contribution in [1.29, 1.82) is 5.26 Å². The van der Waals surface area contributed by atoms with Crippen molar-refractivity contribution < 1.29 is 14.6 Å². The smallest absolute Gasteiger partial charge is 0.410 e. The van der Waals surface area contributed by atoms with Crippen molar-refractivity contribution >= 4 is 6.09 Å². The highest BCUT2D eigenvalue weighted by Gasteiger charge is 2.32. The molecule has 1 heterocycles. The zero-order valence-electron chi connectivity index (χ0n) is 10.6. The monoisotopic (exact) mass is 240 g/mol. The molecule has 0 aromatic heterocycles. The quantitative estimate of drug-likeness (QED) is 0.754.